The van der Waals surface area contributed by atoms with Crippen LogP contribution in [0.5, 0.6) is 0 Å². The van der Waals surface area contributed by atoms with Gasteiger partial charge < -0.3 is 5.73 Å². The van der Waals surface area contributed by atoms with Gasteiger partial charge in [-0.15, -0.1) is 11.3 Å². The van der Waals surface area contributed by atoms with E-state index in [0.717, 1.165) is 24.5 Å². The molecule has 1 aromatic heterocycles. The van der Waals surface area contributed by atoms with Crippen LogP contribution in [0, 0.1) is 0 Å². The first-order chi connectivity index (χ1) is 5.78. The van der Waals surface area contributed by atoms with Crippen LogP contribution in [0.1, 0.15) is 42.3 Å². The summed E-state index contributed by atoms with van der Waals surface area (Å²) in [5.41, 5.74) is 7.17. The Hall–Kier alpha value is -0.410. The van der Waals surface area contributed by atoms with Crippen LogP contribution >= 0.6 is 11.3 Å². The van der Waals surface area contributed by atoms with E-state index in [-0.39, 0.29) is 5.54 Å². The zero-order chi connectivity index (χ0) is 8.18. The molecule has 2 aliphatic rings. The van der Waals surface area contributed by atoms with Crippen molar-refractivity contribution in [2.75, 3.05) is 0 Å². The molecule has 2 N–H and O–H groups in total. The fraction of sp³-hybridized carbons (Fsp3) is 0.667. The molecular weight excluding hydrogens is 168 g/mol. The number of thiazole rings is 1. The highest BCUT2D eigenvalue weighted by molar-refractivity contribution is 7.09. The largest absolute Gasteiger partial charge is 0.320 e. The van der Waals surface area contributed by atoms with Gasteiger partial charge in [0.2, 0.25) is 0 Å². The molecule has 0 amide bonds. The van der Waals surface area contributed by atoms with Gasteiger partial charge in [-0.25, -0.2) is 4.98 Å². The van der Waals surface area contributed by atoms with E-state index in [4.69, 9.17) is 5.73 Å². The second-order valence-corrected chi connectivity index (χ2v) is 4.89. The van der Waals surface area contributed by atoms with Gasteiger partial charge in [-0.1, -0.05) is 0 Å². The molecule has 0 spiro atoms. The molecule has 0 radical (unpaired) electrons. The zero-order valence-corrected chi connectivity index (χ0v) is 7.73. The number of nitrogens with two attached hydrogens (primary N) is 1. The normalized spacial score (nSPS) is 25.8. The molecule has 0 aliphatic heterocycles. The maximum atomic E-state index is 6.05. The first-order valence-corrected chi connectivity index (χ1v) is 5.41. The van der Waals surface area contributed by atoms with E-state index in [1.807, 2.05) is 0 Å². The maximum Gasteiger partial charge on any atom is 0.0960 e. The van der Waals surface area contributed by atoms with E-state index in [1.54, 1.807) is 11.3 Å². The van der Waals surface area contributed by atoms with Crippen LogP contribution in [0.25, 0.3) is 0 Å². The lowest BCUT2D eigenvalue weighted by Crippen LogP contribution is -2.18. The van der Waals surface area contributed by atoms with Gasteiger partial charge in [0.25, 0.3) is 0 Å². The molecule has 64 valence electrons. The van der Waals surface area contributed by atoms with Gasteiger partial charge in [-0.2, -0.15) is 0 Å². The van der Waals surface area contributed by atoms with Crippen LogP contribution in [0.3, 0.4) is 0 Å². The maximum absolute atomic E-state index is 6.05. The SMILES string of the molecule is NC1(c2csc(C3CC3)n2)CC1. The molecule has 3 rings (SSSR count). The predicted octanol–water partition coefficient (Wildman–Crippen LogP) is 1.97. The quantitative estimate of drug-likeness (QED) is 0.755. The molecule has 0 saturated heterocycles. The summed E-state index contributed by atoms with van der Waals surface area (Å²) in [6.45, 7) is 0. The van der Waals surface area contributed by atoms with E-state index < -0.39 is 0 Å². The average molecular weight is 180 g/mol. The van der Waals surface area contributed by atoms with Crippen LogP contribution < -0.4 is 5.73 Å². The number of aromatic nitrogens is 1. The molecular formula is C9H12N2S. The average Bonchev–Trinajstić information content (AvgIpc) is 2.97. The molecule has 0 unspecified atom stereocenters. The smallest absolute Gasteiger partial charge is 0.0960 e. The van der Waals surface area contributed by atoms with Gasteiger partial charge in [0.05, 0.1) is 16.2 Å². The van der Waals surface area contributed by atoms with Gasteiger partial charge >= 0.3 is 0 Å². The minimum Gasteiger partial charge on any atom is -0.320 e. The summed E-state index contributed by atoms with van der Waals surface area (Å²) in [6, 6.07) is 0. The molecule has 2 fully saturated rings. The highest BCUT2D eigenvalue weighted by Gasteiger charge is 2.42. The van der Waals surface area contributed by atoms with Crippen LogP contribution in [-0.2, 0) is 5.54 Å². The van der Waals surface area contributed by atoms with Crippen molar-refractivity contribution in [2.24, 2.45) is 5.73 Å². The lowest BCUT2D eigenvalue weighted by atomic mass is 10.2. The van der Waals surface area contributed by atoms with E-state index >= 15 is 0 Å². The van der Waals surface area contributed by atoms with E-state index in [2.05, 4.69) is 10.4 Å². The van der Waals surface area contributed by atoms with E-state index in [0.29, 0.717) is 0 Å². The van der Waals surface area contributed by atoms with E-state index in [1.165, 1.54) is 17.8 Å². The summed E-state index contributed by atoms with van der Waals surface area (Å²) < 4.78 is 0. The van der Waals surface area contributed by atoms with Gasteiger partial charge in [0.15, 0.2) is 0 Å². The summed E-state index contributed by atoms with van der Waals surface area (Å²) in [5.74, 6) is 0.783. The molecule has 0 aromatic carbocycles. The molecule has 1 aromatic rings. The monoisotopic (exact) mass is 180 g/mol. The van der Waals surface area contributed by atoms with Crippen molar-refractivity contribution in [3.63, 3.8) is 0 Å². The minimum atomic E-state index is -0.0242. The Morgan fingerprint density at radius 2 is 2.25 bits per heavy atom. The van der Waals surface area contributed by atoms with Crippen molar-refractivity contribution in [1.29, 1.82) is 0 Å². The highest BCUT2D eigenvalue weighted by atomic mass is 32.1. The van der Waals surface area contributed by atoms with Crippen molar-refractivity contribution < 1.29 is 0 Å². The lowest BCUT2D eigenvalue weighted by Gasteiger charge is -2.01. The molecule has 12 heavy (non-hydrogen) atoms. The molecule has 0 atom stereocenters. The van der Waals surface area contributed by atoms with Crippen molar-refractivity contribution in [3.8, 4) is 0 Å². The Labute approximate surface area is 75.8 Å². The molecule has 2 aliphatic carbocycles. The predicted molar refractivity (Wildman–Crippen MR) is 49.2 cm³/mol. The first kappa shape index (κ1) is 7.04. The second-order valence-electron chi connectivity index (χ2n) is 4.00. The first-order valence-electron chi connectivity index (χ1n) is 4.53. The number of hydrogen-bond donors (Lipinski definition) is 1. The Kier molecular flexibility index (Phi) is 1.23. The van der Waals surface area contributed by atoms with Crippen LogP contribution in [0.2, 0.25) is 0 Å². The molecule has 2 nitrogen and oxygen atoms in total. The summed E-state index contributed by atoms with van der Waals surface area (Å²) in [4.78, 5) is 4.60. The third-order valence-corrected chi connectivity index (χ3v) is 3.75. The molecule has 1 heterocycles. The fourth-order valence-electron chi connectivity index (χ4n) is 1.42. The molecule has 0 bridgehead atoms. The van der Waals surface area contributed by atoms with Crippen molar-refractivity contribution >= 4 is 11.3 Å². The third-order valence-electron chi connectivity index (χ3n) is 2.75. The van der Waals surface area contributed by atoms with Gasteiger partial charge in [0, 0.05) is 11.3 Å². The standard InChI is InChI=1S/C9H12N2S/c10-9(3-4-9)7-5-12-8(11-7)6-1-2-6/h5-6H,1-4,10H2. The highest BCUT2D eigenvalue weighted by Crippen LogP contribution is 2.46. The Balaban J connectivity index is 1.91. The van der Waals surface area contributed by atoms with Gasteiger partial charge in [-0.3, -0.25) is 0 Å². The molecule has 3 heteroatoms. The minimum absolute atomic E-state index is 0.0242. The Morgan fingerprint density at radius 1 is 1.50 bits per heavy atom. The summed E-state index contributed by atoms with van der Waals surface area (Å²) in [6.07, 6.45) is 4.93. The lowest BCUT2D eigenvalue weighted by molar-refractivity contribution is 0.710. The van der Waals surface area contributed by atoms with Crippen molar-refractivity contribution in [3.05, 3.63) is 16.1 Å². The van der Waals surface area contributed by atoms with Gasteiger partial charge in [-0.05, 0) is 25.7 Å². The van der Waals surface area contributed by atoms with Crippen LogP contribution in [-0.4, -0.2) is 4.98 Å². The second kappa shape index (κ2) is 2.09. The summed E-state index contributed by atoms with van der Waals surface area (Å²) in [5, 5.41) is 3.47. The van der Waals surface area contributed by atoms with E-state index in [9.17, 15) is 0 Å². The third kappa shape index (κ3) is 1.00. The zero-order valence-electron chi connectivity index (χ0n) is 6.92. The topological polar surface area (TPSA) is 38.9 Å². The van der Waals surface area contributed by atoms with Crippen molar-refractivity contribution in [2.45, 2.75) is 37.1 Å². The van der Waals surface area contributed by atoms with Crippen molar-refractivity contribution in [1.82, 2.24) is 4.98 Å². The summed E-state index contributed by atoms with van der Waals surface area (Å²) >= 11 is 1.80. The Morgan fingerprint density at radius 3 is 2.83 bits per heavy atom. The van der Waals surface area contributed by atoms with Gasteiger partial charge in [0.1, 0.15) is 0 Å². The van der Waals surface area contributed by atoms with Crippen LogP contribution in [0.15, 0.2) is 5.38 Å². The number of nitrogens with zero attached hydrogens (tertiary/aromatic N) is 1. The molecule has 2 saturated carbocycles. The Bertz CT molecular complexity index is 310. The number of hydrogen-bond acceptors (Lipinski definition) is 3. The number of rotatable bonds is 2. The fourth-order valence-corrected chi connectivity index (χ4v) is 2.52. The summed E-state index contributed by atoms with van der Waals surface area (Å²) in [7, 11) is 0. The van der Waals surface area contributed by atoms with Crippen LogP contribution in [0.4, 0.5) is 0 Å².